The van der Waals surface area contributed by atoms with Gasteiger partial charge in [-0.2, -0.15) is 0 Å². The molecule has 5 nitrogen and oxygen atoms in total. The number of pyridine rings is 1. The Kier molecular flexibility index (Phi) is 4.30. The van der Waals surface area contributed by atoms with Crippen molar-refractivity contribution in [2.45, 2.75) is 0 Å². The lowest BCUT2D eigenvalue weighted by Gasteiger charge is -2.08. The molecule has 0 aliphatic rings. The van der Waals surface area contributed by atoms with Crippen LogP contribution in [0, 0.1) is 0 Å². The molecule has 0 bridgehead atoms. The number of nitrogens with zero attached hydrogens (tertiary/aromatic N) is 1. The highest BCUT2D eigenvalue weighted by atomic mass is 16.5. The zero-order valence-corrected chi connectivity index (χ0v) is 11.0. The number of hydrogen-bond donors (Lipinski definition) is 1. The van der Waals surface area contributed by atoms with E-state index in [1.807, 2.05) is 24.3 Å². The van der Waals surface area contributed by atoms with Crippen LogP contribution in [0.25, 0.3) is 10.9 Å². The standard InChI is InChI=1S/C14H16N2O3/c1-18-8-7-15-14(17)12-9-13(19-2)10-5-3-4-6-11(10)16-12/h3-6,9H,7-8H2,1-2H3,(H,15,17). The number of ether oxygens (including phenoxy) is 2. The molecule has 0 atom stereocenters. The van der Waals surface area contributed by atoms with Crippen molar-refractivity contribution in [3.8, 4) is 5.75 Å². The van der Waals surface area contributed by atoms with Gasteiger partial charge in [0.1, 0.15) is 11.4 Å². The smallest absolute Gasteiger partial charge is 0.270 e. The number of para-hydroxylation sites is 1. The topological polar surface area (TPSA) is 60.5 Å². The first-order valence-corrected chi connectivity index (χ1v) is 5.97. The number of rotatable bonds is 5. The first-order chi connectivity index (χ1) is 9.26. The Hall–Kier alpha value is -2.14. The normalized spacial score (nSPS) is 10.4. The van der Waals surface area contributed by atoms with Crippen LogP contribution in [0.1, 0.15) is 10.5 Å². The number of methoxy groups -OCH3 is 2. The Labute approximate surface area is 111 Å². The zero-order valence-electron chi connectivity index (χ0n) is 11.0. The van der Waals surface area contributed by atoms with E-state index in [2.05, 4.69) is 10.3 Å². The second kappa shape index (κ2) is 6.15. The van der Waals surface area contributed by atoms with E-state index in [9.17, 15) is 4.79 Å². The average Bonchev–Trinajstić information content (AvgIpc) is 2.46. The van der Waals surface area contributed by atoms with Crippen molar-refractivity contribution in [3.05, 3.63) is 36.0 Å². The maximum absolute atomic E-state index is 11.9. The van der Waals surface area contributed by atoms with Gasteiger partial charge in [-0.15, -0.1) is 0 Å². The van der Waals surface area contributed by atoms with Gasteiger partial charge in [0.15, 0.2) is 0 Å². The molecule has 0 saturated carbocycles. The minimum atomic E-state index is -0.235. The second-order valence-electron chi connectivity index (χ2n) is 3.98. The molecule has 0 aliphatic carbocycles. The van der Waals surface area contributed by atoms with Crippen LogP contribution in [-0.4, -0.2) is 38.3 Å². The maximum Gasteiger partial charge on any atom is 0.270 e. The molecule has 0 radical (unpaired) electrons. The highest BCUT2D eigenvalue weighted by Gasteiger charge is 2.11. The highest BCUT2D eigenvalue weighted by Crippen LogP contribution is 2.24. The van der Waals surface area contributed by atoms with Gasteiger partial charge in [-0.25, -0.2) is 4.98 Å². The Morgan fingerprint density at radius 3 is 2.84 bits per heavy atom. The molecular weight excluding hydrogens is 244 g/mol. The average molecular weight is 260 g/mol. The Balaban J connectivity index is 2.31. The van der Waals surface area contributed by atoms with E-state index in [0.29, 0.717) is 24.6 Å². The van der Waals surface area contributed by atoms with Crippen LogP contribution in [0.2, 0.25) is 0 Å². The van der Waals surface area contributed by atoms with E-state index in [0.717, 1.165) is 10.9 Å². The number of carbonyl (C=O) groups excluding carboxylic acids is 1. The van der Waals surface area contributed by atoms with Crippen LogP contribution in [-0.2, 0) is 4.74 Å². The lowest BCUT2D eigenvalue weighted by atomic mass is 10.2. The molecule has 1 amide bonds. The third-order valence-electron chi connectivity index (χ3n) is 2.72. The van der Waals surface area contributed by atoms with Crippen molar-refractivity contribution >= 4 is 16.8 Å². The molecule has 0 unspecified atom stereocenters. The predicted octanol–water partition coefficient (Wildman–Crippen LogP) is 1.62. The van der Waals surface area contributed by atoms with E-state index < -0.39 is 0 Å². The monoisotopic (exact) mass is 260 g/mol. The minimum absolute atomic E-state index is 0.235. The van der Waals surface area contributed by atoms with Gasteiger partial charge in [0, 0.05) is 25.1 Å². The first kappa shape index (κ1) is 13.3. The fraction of sp³-hybridized carbons (Fsp3) is 0.286. The molecule has 5 heteroatoms. The van der Waals surface area contributed by atoms with E-state index in [1.54, 1.807) is 20.3 Å². The van der Waals surface area contributed by atoms with Crippen molar-refractivity contribution in [1.29, 1.82) is 0 Å². The number of hydrogen-bond acceptors (Lipinski definition) is 4. The van der Waals surface area contributed by atoms with Gasteiger partial charge in [-0.3, -0.25) is 4.79 Å². The number of carbonyl (C=O) groups is 1. The number of amides is 1. The van der Waals surface area contributed by atoms with Crippen LogP contribution < -0.4 is 10.1 Å². The Bertz CT molecular complexity index is 584. The van der Waals surface area contributed by atoms with E-state index in [-0.39, 0.29) is 5.91 Å². The summed E-state index contributed by atoms with van der Waals surface area (Å²) in [4.78, 5) is 16.3. The van der Waals surface area contributed by atoms with Gasteiger partial charge >= 0.3 is 0 Å². The predicted molar refractivity (Wildman–Crippen MR) is 72.5 cm³/mol. The molecule has 0 fully saturated rings. The van der Waals surface area contributed by atoms with Crippen molar-refractivity contribution in [2.24, 2.45) is 0 Å². The van der Waals surface area contributed by atoms with Gasteiger partial charge in [0.25, 0.3) is 5.91 Å². The Morgan fingerprint density at radius 1 is 1.32 bits per heavy atom. The summed E-state index contributed by atoms with van der Waals surface area (Å²) < 4.78 is 10.2. The minimum Gasteiger partial charge on any atom is -0.496 e. The summed E-state index contributed by atoms with van der Waals surface area (Å²) in [6.45, 7) is 0.919. The van der Waals surface area contributed by atoms with Gasteiger partial charge in [-0.1, -0.05) is 12.1 Å². The van der Waals surface area contributed by atoms with Crippen molar-refractivity contribution in [2.75, 3.05) is 27.4 Å². The number of benzene rings is 1. The molecule has 1 heterocycles. The molecule has 2 rings (SSSR count). The summed E-state index contributed by atoms with van der Waals surface area (Å²) in [6.07, 6.45) is 0. The summed E-state index contributed by atoms with van der Waals surface area (Å²) in [6, 6.07) is 9.19. The SMILES string of the molecule is COCCNC(=O)c1cc(OC)c2ccccc2n1. The van der Waals surface area contributed by atoms with Crippen molar-refractivity contribution in [3.63, 3.8) is 0 Å². The first-order valence-electron chi connectivity index (χ1n) is 5.97. The molecule has 19 heavy (non-hydrogen) atoms. The molecule has 0 aliphatic heterocycles. The second-order valence-corrected chi connectivity index (χ2v) is 3.98. The fourth-order valence-corrected chi connectivity index (χ4v) is 1.79. The summed E-state index contributed by atoms with van der Waals surface area (Å²) in [7, 11) is 3.16. The van der Waals surface area contributed by atoms with Gasteiger partial charge in [0.2, 0.25) is 0 Å². The van der Waals surface area contributed by atoms with Crippen molar-refractivity contribution in [1.82, 2.24) is 10.3 Å². The number of aromatic nitrogens is 1. The van der Waals surface area contributed by atoms with E-state index in [1.165, 1.54) is 0 Å². The van der Waals surface area contributed by atoms with Gasteiger partial charge in [0.05, 0.1) is 19.2 Å². The van der Waals surface area contributed by atoms with Crippen LogP contribution in [0.15, 0.2) is 30.3 Å². The summed E-state index contributed by atoms with van der Waals surface area (Å²) >= 11 is 0. The van der Waals surface area contributed by atoms with E-state index in [4.69, 9.17) is 9.47 Å². The summed E-state index contributed by atoms with van der Waals surface area (Å²) in [5.74, 6) is 0.406. The molecule has 1 aromatic carbocycles. The summed E-state index contributed by atoms with van der Waals surface area (Å²) in [5, 5.41) is 3.62. The summed E-state index contributed by atoms with van der Waals surface area (Å²) in [5.41, 5.74) is 1.07. The van der Waals surface area contributed by atoms with Crippen LogP contribution in [0.5, 0.6) is 5.75 Å². The number of nitrogens with one attached hydrogen (secondary N) is 1. The van der Waals surface area contributed by atoms with Gasteiger partial charge in [-0.05, 0) is 12.1 Å². The highest BCUT2D eigenvalue weighted by molar-refractivity contribution is 5.96. The molecule has 100 valence electrons. The van der Waals surface area contributed by atoms with Crippen LogP contribution >= 0.6 is 0 Å². The molecule has 0 saturated heterocycles. The van der Waals surface area contributed by atoms with Crippen LogP contribution in [0.3, 0.4) is 0 Å². The largest absolute Gasteiger partial charge is 0.496 e. The third-order valence-corrected chi connectivity index (χ3v) is 2.72. The van der Waals surface area contributed by atoms with E-state index >= 15 is 0 Å². The Morgan fingerprint density at radius 2 is 2.11 bits per heavy atom. The lowest BCUT2D eigenvalue weighted by Crippen LogP contribution is -2.27. The molecule has 1 N–H and O–H groups in total. The number of fused-ring (bicyclic) bond motifs is 1. The molecule has 2 aromatic rings. The quantitative estimate of drug-likeness (QED) is 0.830. The van der Waals surface area contributed by atoms with Gasteiger partial charge < -0.3 is 14.8 Å². The van der Waals surface area contributed by atoms with Crippen molar-refractivity contribution < 1.29 is 14.3 Å². The maximum atomic E-state index is 11.9. The zero-order chi connectivity index (χ0) is 13.7. The molecule has 0 spiro atoms. The lowest BCUT2D eigenvalue weighted by molar-refractivity contribution is 0.0932. The van der Waals surface area contributed by atoms with Crippen LogP contribution in [0.4, 0.5) is 0 Å². The molecular formula is C14H16N2O3. The third kappa shape index (κ3) is 3.00. The fourth-order valence-electron chi connectivity index (χ4n) is 1.79. The molecule has 1 aromatic heterocycles.